The summed E-state index contributed by atoms with van der Waals surface area (Å²) in [5, 5.41) is 14.7. The third kappa shape index (κ3) is 5.41. The highest BCUT2D eigenvalue weighted by molar-refractivity contribution is 8.01. The summed E-state index contributed by atoms with van der Waals surface area (Å²) in [6.45, 7) is 2.45. The van der Waals surface area contributed by atoms with Gasteiger partial charge in [0, 0.05) is 11.8 Å². The number of thiophene rings is 1. The summed E-state index contributed by atoms with van der Waals surface area (Å²) >= 11 is 4.16. The SMILES string of the molecule is CC(=O)NCc1ccc(C(=O)CSc2nnc(NCc3ccco3)s2)s1. The zero-order chi connectivity index (χ0) is 18.4. The van der Waals surface area contributed by atoms with Crippen molar-refractivity contribution < 1.29 is 14.0 Å². The van der Waals surface area contributed by atoms with Gasteiger partial charge < -0.3 is 15.1 Å². The van der Waals surface area contributed by atoms with E-state index in [-0.39, 0.29) is 11.7 Å². The van der Waals surface area contributed by atoms with Crippen LogP contribution >= 0.6 is 34.4 Å². The standard InChI is InChI=1S/C16H16N4O3S3/c1-10(21)17-8-12-4-5-14(25-12)13(22)9-24-16-20-19-15(26-16)18-7-11-3-2-6-23-11/h2-6H,7-9H2,1H3,(H,17,21)(H,18,19). The summed E-state index contributed by atoms with van der Waals surface area (Å²) in [6.07, 6.45) is 1.62. The number of nitrogens with zero attached hydrogens (tertiary/aromatic N) is 2. The number of carbonyl (C=O) groups excluding carboxylic acids is 2. The van der Waals surface area contributed by atoms with Crippen molar-refractivity contribution in [2.24, 2.45) is 0 Å². The fourth-order valence-corrected chi connectivity index (χ4v) is 4.56. The summed E-state index contributed by atoms with van der Waals surface area (Å²) in [7, 11) is 0. The number of Topliss-reactive ketones (excluding diaryl/α,β-unsaturated/α-hetero) is 1. The quantitative estimate of drug-likeness (QED) is 0.414. The molecule has 3 rings (SSSR count). The highest BCUT2D eigenvalue weighted by atomic mass is 32.2. The van der Waals surface area contributed by atoms with Crippen LogP contribution in [0.15, 0.2) is 39.3 Å². The van der Waals surface area contributed by atoms with Crippen molar-refractivity contribution in [3.63, 3.8) is 0 Å². The Morgan fingerprint density at radius 1 is 1.19 bits per heavy atom. The number of anilines is 1. The van der Waals surface area contributed by atoms with Crippen molar-refractivity contribution in [2.75, 3.05) is 11.1 Å². The number of ketones is 1. The predicted octanol–water partition coefficient (Wildman–Crippen LogP) is 3.42. The maximum absolute atomic E-state index is 12.3. The molecule has 0 unspecified atom stereocenters. The summed E-state index contributed by atoms with van der Waals surface area (Å²) in [6, 6.07) is 7.36. The Morgan fingerprint density at radius 3 is 2.85 bits per heavy atom. The van der Waals surface area contributed by atoms with E-state index in [0.717, 1.165) is 15.0 Å². The molecule has 0 aromatic carbocycles. The molecule has 0 aliphatic rings. The van der Waals surface area contributed by atoms with Gasteiger partial charge >= 0.3 is 0 Å². The molecule has 3 aromatic heterocycles. The summed E-state index contributed by atoms with van der Waals surface area (Å²) < 4.78 is 5.98. The minimum atomic E-state index is -0.0884. The van der Waals surface area contributed by atoms with Crippen LogP contribution in [0.25, 0.3) is 0 Å². The molecule has 0 atom stereocenters. The lowest BCUT2D eigenvalue weighted by atomic mass is 10.3. The number of furan rings is 1. The highest BCUT2D eigenvalue weighted by Crippen LogP contribution is 2.27. The fraction of sp³-hybridized carbons (Fsp3) is 0.250. The molecule has 0 radical (unpaired) electrons. The largest absolute Gasteiger partial charge is 0.467 e. The van der Waals surface area contributed by atoms with Crippen molar-refractivity contribution in [2.45, 2.75) is 24.4 Å². The monoisotopic (exact) mass is 408 g/mol. The summed E-state index contributed by atoms with van der Waals surface area (Å²) in [5.41, 5.74) is 0. The van der Waals surface area contributed by atoms with E-state index in [1.165, 1.54) is 41.4 Å². The second-order valence-electron chi connectivity index (χ2n) is 5.19. The van der Waals surface area contributed by atoms with E-state index in [4.69, 9.17) is 4.42 Å². The molecule has 1 amide bonds. The average molecular weight is 409 g/mol. The van der Waals surface area contributed by atoms with Crippen LogP contribution in [-0.4, -0.2) is 27.6 Å². The second-order valence-corrected chi connectivity index (χ2v) is 8.56. The third-order valence-corrected chi connectivity index (χ3v) is 6.32. The van der Waals surface area contributed by atoms with Gasteiger partial charge in [-0.2, -0.15) is 0 Å². The molecule has 7 nitrogen and oxygen atoms in total. The molecule has 3 heterocycles. The number of rotatable bonds is 9. The first kappa shape index (κ1) is 18.6. The van der Waals surface area contributed by atoms with E-state index in [9.17, 15) is 9.59 Å². The average Bonchev–Trinajstić information content (AvgIpc) is 3.38. The molecule has 0 saturated heterocycles. The van der Waals surface area contributed by atoms with Crippen LogP contribution in [0.5, 0.6) is 0 Å². The van der Waals surface area contributed by atoms with Gasteiger partial charge in [-0.15, -0.1) is 21.5 Å². The van der Waals surface area contributed by atoms with Gasteiger partial charge in [0.2, 0.25) is 11.0 Å². The molecule has 0 bridgehead atoms. The van der Waals surface area contributed by atoms with Gasteiger partial charge in [0.05, 0.1) is 30.0 Å². The number of nitrogens with one attached hydrogen (secondary N) is 2. The van der Waals surface area contributed by atoms with Gasteiger partial charge in [-0.05, 0) is 24.3 Å². The Morgan fingerprint density at radius 2 is 2.08 bits per heavy atom. The zero-order valence-corrected chi connectivity index (χ0v) is 16.3. The van der Waals surface area contributed by atoms with Crippen molar-refractivity contribution in [1.29, 1.82) is 0 Å². The number of hydrogen-bond acceptors (Lipinski definition) is 9. The second kappa shape index (κ2) is 8.97. The topological polar surface area (TPSA) is 97.1 Å². The maximum Gasteiger partial charge on any atom is 0.217 e. The number of amides is 1. The lowest BCUT2D eigenvalue weighted by Gasteiger charge is -1.98. The molecule has 26 heavy (non-hydrogen) atoms. The van der Waals surface area contributed by atoms with Gasteiger partial charge in [0.25, 0.3) is 0 Å². The first-order chi connectivity index (χ1) is 12.6. The molecule has 0 spiro atoms. The van der Waals surface area contributed by atoms with E-state index >= 15 is 0 Å². The number of thioether (sulfide) groups is 1. The molecule has 3 aromatic rings. The lowest BCUT2D eigenvalue weighted by molar-refractivity contribution is -0.119. The molecule has 0 aliphatic carbocycles. The van der Waals surface area contributed by atoms with Gasteiger partial charge in [-0.25, -0.2) is 0 Å². The molecular weight excluding hydrogens is 392 g/mol. The van der Waals surface area contributed by atoms with Crippen LogP contribution in [0.2, 0.25) is 0 Å². The number of carbonyl (C=O) groups is 2. The minimum absolute atomic E-state index is 0.0365. The van der Waals surface area contributed by atoms with Crippen molar-refractivity contribution in [1.82, 2.24) is 15.5 Å². The van der Waals surface area contributed by atoms with Crippen LogP contribution in [0.4, 0.5) is 5.13 Å². The Hall–Kier alpha value is -2.17. The van der Waals surface area contributed by atoms with E-state index in [0.29, 0.717) is 28.9 Å². The Labute approximate surface area is 162 Å². The molecule has 10 heteroatoms. The van der Waals surface area contributed by atoms with E-state index in [1.807, 2.05) is 18.2 Å². The van der Waals surface area contributed by atoms with E-state index in [1.54, 1.807) is 12.3 Å². The highest BCUT2D eigenvalue weighted by Gasteiger charge is 2.12. The number of hydrogen-bond donors (Lipinski definition) is 2. The molecule has 136 valence electrons. The van der Waals surface area contributed by atoms with Crippen molar-refractivity contribution in [3.8, 4) is 0 Å². The van der Waals surface area contributed by atoms with E-state index < -0.39 is 0 Å². The minimum Gasteiger partial charge on any atom is -0.467 e. The van der Waals surface area contributed by atoms with Gasteiger partial charge in [0.1, 0.15) is 5.76 Å². The number of aromatic nitrogens is 2. The lowest BCUT2D eigenvalue weighted by Crippen LogP contribution is -2.18. The van der Waals surface area contributed by atoms with Crippen LogP contribution in [0.1, 0.15) is 27.2 Å². The zero-order valence-electron chi connectivity index (χ0n) is 13.9. The Balaban J connectivity index is 1.46. The molecule has 2 N–H and O–H groups in total. The van der Waals surface area contributed by atoms with Crippen LogP contribution in [-0.2, 0) is 17.9 Å². The van der Waals surface area contributed by atoms with Crippen LogP contribution < -0.4 is 10.6 Å². The Bertz CT molecular complexity index is 873. The first-order valence-corrected chi connectivity index (χ1v) is 10.3. The van der Waals surface area contributed by atoms with Gasteiger partial charge in [-0.3, -0.25) is 9.59 Å². The van der Waals surface area contributed by atoms with E-state index in [2.05, 4.69) is 20.8 Å². The molecule has 0 fully saturated rings. The van der Waals surface area contributed by atoms with Gasteiger partial charge in [0.15, 0.2) is 10.1 Å². The predicted molar refractivity (Wildman–Crippen MR) is 103 cm³/mol. The van der Waals surface area contributed by atoms with Crippen LogP contribution in [0, 0.1) is 0 Å². The normalized spacial score (nSPS) is 10.7. The Kier molecular flexibility index (Phi) is 6.42. The first-order valence-electron chi connectivity index (χ1n) is 7.69. The van der Waals surface area contributed by atoms with Crippen LogP contribution in [0.3, 0.4) is 0 Å². The van der Waals surface area contributed by atoms with Crippen molar-refractivity contribution >= 4 is 51.3 Å². The fourth-order valence-electron chi connectivity index (χ4n) is 1.95. The maximum atomic E-state index is 12.3. The molecule has 0 aliphatic heterocycles. The summed E-state index contributed by atoms with van der Waals surface area (Å²) in [4.78, 5) is 24.9. The molecular formula is C16H16N4O3S3. The van der Waals surface area contributed by atoms with Gasteiger partial charge in [-0.1, -0.05) is 23.1 Å². The third-order valence-electron chi connectivity index (χ3n) is 3.18. The van der Waals surface area contributed by atoms with Crippen molar-refractivity contribution in [3.05, 3.63) is 46.0 Å². The summed E-state index contributed by atoms with van der Waals surface area (Å²) in [5.74, 6) is 1.06. The molecule has 0 saturated carbocycles. The smallest absolute Gasteiger partial charge is 0.217 e.